The molecule has 0 bridgehead atoms. The zero-order valence-corrected chi connectivity index (χ0v) is 6.42. The van der Waals surface area contributed by atoms with Crippen molar-refractivity contribution in [2.24, 2.45) is 17.2 Å². The first-order chi connectivity index (χ1) is 4.94. The zero-order valence-electron chi connectivity index (χ0n) is 6.42. The van der Waals surface area contributed by atoms with E-state index in [0.29, 0.717) is 0 Å². The number of nitrogens with two attached hydrogens (primary N) is 3. The van der Waals surface area contributed by atoms with Crippen molar-refractivity contribution in [3.8, 4) is 0 Å². The number of hydrogen-bond acceptors (Lipinski definition) is 4. The molecule has 5 nitrogen and oxygen atoms in total. The van der Waals surface area contributed by atoms with E-state index in [1.54, 1.807) is 0 Å². The molecule has 0 aliphatic rings. The molecule has 0 atom stereocenters. The quantitative estimate of drug-likeness (QED) is 0.297. The van der Waals surface area contributed by atoms with Crippen LogP contribution in [0.3, 0.4) is 0 Å². The Hall–Kier alpha value is -1.17. The monoisotopic (exact) mass is 161 g/mol. The largest absolute Gasteiger partial charge is 0.478 e. The van der Waals surface area contributed by atoms with E-state index in [-0.39, 0.29) is 0 Å². The predicted molar refractivity (Wildman–Crippen MR) is 45.4 cm³/mol. The molecule has 11 heavy (non-hydrogen) atoms. The average molecular weight is 161 g/mol. The topological polar surface area (TPSA) is 115 Å². The molecule has 0 aromatic rings. The van der Waals surface area contributed by atoms with Crippen molar-refractivity contribution in [3.05, 3.63) is 26.3 Å². The molecular formula is C6H15N3O2. The van der Waals surface area contributed by atoms with E-state index in [2.05, 4.69) is 43.5 Å². The van der Waals surface area contributed by atoms with Gasteiger partial charge in [-0.05, 0) is 0 Å². The van der Waals surface area contributed by atoms with Gasteiger partial charge in [-0.25, -0.2) is 4.79 Å². The third-order valence-corrected chi connectivity index (χ3v) is 0.370. The molecule has 0 saturated carbocycles. The van der Waals surface area contributed by atoms with Gasteiger partial charge >= 0.3 is 5.97 Å². The highest BCUT2D eigenvalue weighted by Gasteiger charge is 2.21. The Kier molecular flexibility index (Phi) is 13.2. The Labute approximate surface area is 66.2 Å². The fourth-order valence-electron chi connectivity index (χ4n) is 0. The molecule has 5 heteroatoms. The Balaban J connectivity index is -0.000000138. The van der Waals surface area contributed by atoms with Crippen LogP contribution in [0.4, 0.5) is 0 Å². The summed E-state index contributed by atoms with van der Waals surface area (Å²) in [6, 6.07) is 0. The van der Waals surface area contributed by atoms with Crippen LogP contribution < -0.4 is 17.2 Å². The molecule has 0 rings (SSSR count). The van der Waals surface area contributed by atoms with Crippen LogP contribution in [0.15, 0.2) is 26.3 Å². The molecule has 0 radical (unpaired) electrons. The van der Waals surface area contributed by atoms with Gasteiger partial charge in [0.2, 0.25) is 5.79 Å². The molecule has 0 amide bonds. The van der Waals surface area contributed by atoms with E-state index in [1.165, 1.54) is 0 Å². The van der Waals surface area contributed by atoms with Gasteiger partial charge in [-0.2, -0.15) is 0 Å². The second-order valence-corrected chi connectivity index (χ2v) is 1.24. The molecule has 0 unspecified atom stereocenters. The first-order valence-corrected chi connectivity index (χ1v) is 2.54. The van der Waals surface area contributed by atoms with Crippen molar-refractivity contribution < 1.29 is 9.90 Å². The van der Waals surface area contributed by atoms with Crippen molar-refractivity contribution in [1.82, 2.24) is 0 Å². The molecule has 66 valence electrons. The maximum Gasteiger partial charge on any atom is 0.354 e. The highest BCUT2D eigenvalue weighted by atomic mass is 16.4. The third-order valence-electron chi connectivity index (χ3n) is 0.370. The molecule has 0 spiro atoms. The smallest absolute Gasteiger partial charge is 0.354 e. The summed E-state index contributed by atoms with van der Waals surface area (Å²) in [5.41, 5.74) is 13.9. The zero-order chi connectivity index (χ0) is 10.1. The summed E-state index contributed by atoms with van der Waals surface area (Å²) in [5.74, 6) is -3.51. The Bertz CT molecular complexity index is 107. The molecule has 0 aromatic carbocycles. The number of carboxylic acid groups (broad SMARTS) is 1. The number of carboxylic acids is 1. The van der Waals surface area contributed by atoms with Crippen LogP contribution in [-0.2, 0) is 4.79 Å². The summed E-state index contributed by atoms with van der Waals surface area (Å²) >= 11 is 0. The summed E-state index contributed by atoms with van der Waals surface area (Å²) in [6.07, 6.45) is 0. The van der Waals surface area contributed by atoms with Gasteiger partial charge in [0.25, 0.3) is 0 Å². The van der Waals surface area contributed by atoms with Gasteiger partial charge in [0, 0.05) is 0 Å². The fourth-order valence-corrected chi connectivity index (χ4v) is 0. The maximum absolute atomic E-state index is 9.65. The Morgan fingerprint density at radius 3 is 1.18 bits per heavy atom. The van der Waals surface area contributed by atoms with Gasteiger partial charge in [-0.15, -0.1) is 26.3 Å². The summed E-state index contributed by atoms with van der Waals surface area (Å²) in [6.45, 7) is 12.0. The first-order valence-electron chi connectivity index (χ1n) is 2.54. The molecule has 0 aliphatic heterocycles. The lowest BCUT2D eigenvalue weighted by Crippen LogP contribution is -2.64. The van der Waals surface area contributed by atoms with Crippen molar-refractivity contribution in [2.75, 3.05) is 0 Å². The van der Waals surface area contributed by atoms with E-state index in [0.717, 1.165) is 0 Å². The van der Waals surface area contributed by atoms with Crippen LogP contribution in [0.5, 0.6) is 0 Å². The maximum atomic E-state index is 9.65. The molecule has 0 saturated heterocycles. The molecule has 0 aromatic heterocycles. The lowest BCUT2D eigenvalue weighted by atomic mass is 10.4. The van der Waals surface area contributed by atoms with Gasteiger partial charge in [0.05, 0.1) is 0 Å². The number of carbonyl (C=O) groups is 1. The van der Waals surface area contributed by atoms with Crippen molar-refractivity contribution in [1.29, 1.82) is 0 Å². The number of hydrogen-bond donors (Lipinski definition) is 4. The number of aliphatic carboxylic acids is 1. The van der Waals surface area contributed by atoms with Crippen LogP contribution >= 0.6 is 0 Å². The minimum Gasteiger partial charge on any atom is -0.478 e. The van der Waals surface area contributed by atoms with E-state index >= 15 is 0 Å². The molecule has 7 N–H and O–H groups in total. The molecule has 0 aliphatic carbocycles. The second-order valence-electron chi connectivity index (χ2n) is 1.24. The first kappa shape index (κ1) is 16.4. The van der Waals surface area contributed by atoms with Gasteiger partial charge in [-0.1, -0.05) is 0 Å². The van der Waals surface area contributed by atoms with Gasteiger partial charge in [-0.3, -0.25) is 17.2 Å². The SMILES string of the molecule is C=C.C=C.NC(N)(N)C(=O)O. The lowest BCUT2D eigenvalue weighted by Gasteiger charge is -2.09. The van der Waals surface area contributed by atoms with Crippen LogP contribution in [0.2, 0.25) is 0 Å². The standard InChI is InChI=1S/C2H7N3O2.2C2H4/c3-2(4,5)1(6)7;2*1-2/h3-5H2,(H,6,7);2*1-2H2. The van der Waals surface area contributed by atoms with Gasteiger partial charge < -0.3 is 5.11 Å². The molecular weight excluding hydrogens is 146 g/mol. The van der Waals surface area contributed by atoms with Crippen molar-refractivity contribution in [3.63, 3.8) is 0 Å². The van der Waals surface area contributed by atoms with Crippen LogP contribution in [0.1, 0.15) is 0 Å². The normalized spacial score (nSPS) is 7.91. The van der Waals surface area contributed by atoms with Crippen molar-refractivity contribution in [2.45, 2.75) is 5.79 Å². The van der Waals surface area contributed by atoms with E-state index < -0.39 is 11.8 Å². The highest BCUT2D eigenvalue weighted by molar-refractivity contribution is 5.76. The fraction of sp³-hybridized carbons (Fsp3) is 0.167. The Morgan fingerprint density at radius 1 is 1.09 bits per heavy atom. The highest BCUT2D eigenvalue weighted by Crippen LogP contribution is 1.71. The summed E-state index contributed by atoms with van der Waals surface area (Å²) in [7, 11) is 0. The predicted octanol–water partition coefficient (Wildman–Crippen LogP) is -0.795. The van der Waals surface area contributed by atoms with E-state index in [4.69, 9.17) is 5.11 Å². The van der Waals surface area contributed by atoms with E-state index in [1.807, 2.05) is 0 Å². The summed E-state index contributed by atoms with van der Waals surface area (Å²) < 4.78 is 0. The minimum atomic E-state index is -2.08. The van der Waals surface area contributed by atoms with Crippen LogP contribution in [-0.4, -0.2) is 16.9 Å². The van der Waals surface area contributed by atoms with Crippen LogP contribution in [0.25, 0.3) is 0 Å². The average Bonchev–Trinajstić information content (AvgIpc) is 1.95. The minimum absolute atomic E-state index is 1.42. The summed E-state index contributed by atoms with van der Waals surface area (Å²) in [4.78, 5) is 9.65. The van der Waals surface area contributed by atoms with Gasteiger partial charge in [0.15, 0.2) is 0 Å². The van der Waals surface area contributed by atoms with Crippen molar-refractivity contribution >= 4 is 5.97 Å². The lowest BCUT2D eigenvalue weighted by molar-refractivity contribution is -0.142. The molecule has 0 fully saturated rings. The number of rotatable bonds is 1. The second kappa shape index (κ2) is 8.83. The van der Waals surface area contributed by atoms with E-state index in [9.17, 15) is 4.79 Å². The third kappa shape index (κ3) is 17.7. The Morgan fingerprint density at radius 2 is 1.18 bits per heavy atom. The summed E-state index contributed by atoms with van der Waals surface area (Å²) in [5, 5.41) is 7.88. The van der Waals surface area contributed by atoms with Gasteiger partial charge in [0.1, 0.15) is 0 Å². The van der Waals surface area contributed by atoms with Crippen LogP contribution in [0, 0.1) is 0 Å². The molecule has 0 heterocycles.